The van der Waals surface area contributed by atoms with Crippen LogP contribution in [-0.4, -0.2) is 23.2 Å². The van der Waals surface area contributed by atoms with Crippen LogP contribution >= 0.6 is 0 Å². The highest BCUT2D eigenvalue weighted by Crippen LogP contribution is 2.43. The van der Waals surface area contributed by atoms with E-state index in [1.165, 1.54) is 48.5 Å². The molecule has 0 fully saturated rings. The Morgan fingerprint density at radius 2 is 1.36 bits per heavy atom. The van der Waals surface area contributed by atoms with Crippen molar-refractivity contribution in [2.45, 2.75) is 17.9 Å². The average molecular weight is 312 g/mol. The lowest BCUT2D eigenvalue weighted by Crippen LogP contribution is -2.53. The van der Waals surface area contributed by atoms with Crippen LogP contribution < -0.4 is 0 Å². The van der Waals surface area contributed by atoms with E-state index in [2.05, 4.69) is 0 Å². The van der Waals surface area contributed by atoms with Gasteiger partial charge in [0.15, 0.2) is 0 Å². The van der Waals surface area contributed by atoms with E-state index in [4.69, 9.17) is 0 Å². The normalized spacial score (nSPS) is 15.9. The van der Waals surface area contributed by atoms with Gasteiger partial charge in [0.2, 0.25) is 17.6 Å². The highest BCUT2D eigenvalue weighted by molar-refractivity contribution is 6.00. The van der Waals surface area contributed by atoms with Gasteiger partial charge in [-0.2, -0.15) is 13.2 Å². The van der Waals surface area contributed by atoms with Crippen LogP contribution in [0.2, 0.25) is 0 Å². The van der Waals surface area contributed by atoms with Gasteiger partial charge in [0.1, 0.15) is 0 Å². The van der Waals surface area contributed by atoms with Gasteiger partial charge in [-0.1, -0.05) is 60.7 Å². The molecule has 0 aromatic heterocycles. The number of carbonyl (C=O) groups excluding carboxylic acids is 1. The summed E-state index contributed by atoms with van der Waals surface area (Å²) >= 11 is 0. The van der Waals surface area contributed by atoms with Crippen LogP contribution in [0.5, 0.6) is 0 Å². The Morgan fingerprint density at radius 3 is 1.82 bits per heavy atom. The Hall–Kier alpha value is -2.21. The zero-order valence-corrected chi connectivity index (χ0v) is 11.2. The monoisotopic (exact) mass is 312 g/mol. The molecule has 0 saturated carbocycles. The quantitative estimate of drug-likeness (QED) is 0.691. The van der Waals surface area contributed by atoms with Crippen molar-refractivity contribution in [3.63, 3.8) is 0 Å². The predicted molar refractivity (Wildman–Crippen MR) is 72.1 cm³/mol. The number of ketones is 1. The van der Waals surface area contributed by atoms with Gasteiger partial charge in [0.05, 0.1) is 0 Å². The fraction of sp³-hybridized carbons (Fsp3) is 0.188. The third-order valence-electron chi connectivity index (χ3n) is 3.30. The standard InChI is InChI=1S/C16H12F4O2/c17-14(13(21)11-7-3-1-4-8-11)15(22,16(18,19)20)12-9-5-2-6-10-12/h1-10,14,22H/t14-,15+/m0/s1. The summed E-state index contributed by atoms with van der Waals surface area (Å²) in [7, 11) is 0. The molecule has 0 aliphatic rings. The molecule has 0 saturated heterocycles. The van der Waals surface area contributed by atoms with Crippen molar-refractivity contribution in [3.8, 4) is 0 Å². The summed E-state index contributed by atoms with van der Waals surface area (Å²) in [6.45, 7) is 0. The van der Waals surface area contributed by atoms with Gasteiger partial charge in [-0.05, 0) is 5.56 Å². The Bertz CT molecular complexity index is 640. The van der Waals surface area contributed by atoms with Crippen molar-refractivity contribution >= 4 is 5.78 Å². The molecule has 2 atom stereocenters. The first kappa shape index (κ1) is 16.2. The fourth-order valence-electron chi connectivity index (χ4n) is 2.08. The van der Waals surface area contributed by atoms with Crippen LogP contribution in [0, 0.1) is 0 Å². The Balaban J connectivity index is 2.49. The second kappa shape index (κ2) is 5.88. The van der Waals surface area contributed by atoms with Crippen LogP contribution in [-0.2, 0) is 5.60 Å². The lowest BCUT2D eigenvalue weighted by atomic mass is 9.84. The van der Waals surface area contributed by atoms with E-state index < -0.39 is 29.3 Å². The number of hydrogen-bond donors (Lipinski definition) is 1. The van der Waals surface area contributed by atoms with Crippen molar-refractivity contribution in [2.75, 3.05) is 0 Å². The molecule has 0 aliphatic carbocycles. The Kier molecular flexibility index (Phi) is 4.32. The largest absolute Gasteiger partial charge is 0.424 e. The molecule has 0 bridgehead atoms. The molecule has 2 aromatic carbocycles. The second-order valence-corrected chi connectivity index (χ2v) is 4.72. The van der Waals surface area contributed by atoms with E-state index in [1.54, 1.807) is 0 Å². The SMILES string of the molecule is O=C(c1ccccc1)[C@H](F)[C@](O)(c1ccccc1)C(F)(F)F. The molecule has 2 nitrogen and oxygen atoms in total. The summed E-state index contributed by atoms with van der Waals surface area (Å²) in [6.07, 6.45) is -8.52. The number of alkyl halides is 4. The van der Waals surface area contributed by atoms with Crippen molar-refractivity contribution in [1.82, 2.24) is 0 Å². The van der Waals surface area contributed by atoms with Gasteiger partial charge in [-0.25, -0.2) is 4.39 Å². The van der Waals surface area contributed by atoms with Gasteiger partial charge in [0, 0.05) is 5.56 Å². The first-order valence-corrected chi connectivity index (χ1v) is 6.36. The minimum atomic E-state index is -5.35. The minimum Gasteiger partial charge on any atom is -0.374 e. The molecule has 1 N–H and O–H groups in total. The summed E-state index contributed by atoms with van der Waals surface area (Å²) in [5.41, 5.74) is -4.87. The second-order valence-electron chi connectivity index (χ2n) is 4.72. The topological polar surface area (TPSA) is 37.3 Å². The van der Waals surface area contributed by atoms with E-state index in [0.29, 0.717) is 0 Å². The lowest BCUT2D eigenvalue weighted by Gasteiger charge is -2.33. The maximum atomic E-state index is 14.4. The van der Waals surface area contributed by atoms with Crippen LogP contribution in [0.4, 0.5) is 17.6 Å². The first-order chi connectivity index (χ1) is 10.3. The van der Waals surface area contributed by atoms with Gasteiger partial charge < -0.3 is 5.11 Å². The Morgan fingerprint density at radius 1 is 0.909 bits per heavy atom. The number of hydrogen-bond acceptors (Lipinski definition) is 2. The van der Waals surface area contributed by atoms with Crippen molar-refractivity contribution < 1.29 is 27.5 Å². The molecule has 0 unspecified atom stereocenters. The summed E-state index contributed by atoms with van der Waals surface area (Å²) < 4.78 is 54.2. The maximum absolute atomic E-state index is 14.4. The van der Waals surface area contributed by atoms with Gasteiger partial charge in [-0.15, -0.1) is 0 Å². The number of halogens is 4. The Labute approximate surface area is 124 Å². The number of rotatable bonds is 4. The van der Waals surface area contributed by atoms with E-state index in [1.807, 2.05) is 0 Å². The van der Waals surface area contributed by atoms with Gasteiger partial charge >= 0.3 is 6.18 Å². The lowest BCUT2D eigenvalue weighted by molar-refractivity contribution is -0.281. The molecular weight excluding hydrogens is 300 g/mol. The molecule has 116 valence electrons. The fourth-order valence-corrected chi connectivity index (χ4v) is 2.08. The molecule has 0 amide bonds. The zero-order chi connectivity index (χ0) is 16.4. The minimum absolute atomic E-state index is 0.242. The van der Waals surface area contributed by atoms with Crippen molar-refractivity contribution in [1.29, 1.82) is 0 Å². The van der Waals surface area contributed by atoms with E-state index in [9.17, 15) is 27.5 Å². The van der Waals surface area contributed by atoms with Gasteiger partial charge in [0.25, 0.3) is 0 Å². The number of aliphatic hydroxyl groups is 1. The molecule has 0 spiro atoms. The third kappa shape index (κ3) is 2.74. The molecule has 0 aliphatic heterocycles. The van der Waals surface area contributed by atoms with Crippen LogP contribution in [0.15, 0.2) is 60.7 Å². The smallest absolute Gasteiger partial charge is 0.374 e. The zero-order valence-electron chi connectivity index (χ0n) is 11.2. The summed E-state index contributed by atoms with van der Waals surface area (Å²) in [6, 6.07) is 12.5. The van der Waals surface area contributed by atoms with Crippen LogP contribution in [0.3, 0.4) is 0 Å². The molecular formula is C16H12F4O2. The van der Waals surface area contributed by atoms with Crippen molar-refractivity contribution in [2.24, 2.45) is 0 Å². The molecule has 2 rings (SSSR count). The molecule has 0 heterocycles. The summed E-state index contributed by atoms with van der Waals surface area (Å²) in [4.78, 5) is 12.0. The number of benzene rings is 2. The highest BCUT2D eigenvalue weighted by Gasteiger charge is 2.62. The van der Waals surface area contributed by atoms with Gasteiger partial charge in [-0.3, -0.25) is 4.79 Å². The third-order valence-corrected chi connectivity index (χ3v) is 3.30. The van der Waals surface area contributed by atoms with Crippen LogP contribution in [0.1, 0.15) is 15.9 Å². The summed E-state index contributed by atoms with van der Waals surface area (Å²) in [5, 5.41) is 10.00. The predicted octanol–water partition coefficient (Wildman–Crippen LogP) is 3.66. The first-order valence-electron chi connectivity index (χ1n) is 6.36. The molecule has 6 heteroatoms. The highest BCUT2D eigenvalue weighted by atomic mass is 19.4. The molecule has 2 aromatic rings. The molecule has 0 radical (unpaired) electrons. The number of Topliss-reactive ketones (excluding diaryl/α,β-unsaturated/α-hetero) is 1. The van der Waals surface area contributed by atoms with Crippen molar-refractivity contribution in [3.05, 3.63) is 71.8 Å². The van der Waals surface area contributed by atoms with E-state index >= 15 is 0 Å². The van der Waals surface area contributed by atoms with E-state index in [0.717, 1.165) is 12.1 Å². The van der Waals surface area contributed by atoms with E-state index in [-0.39, 0.29) is 5.56 Å². The average Bonchev–Trinajstić information content (AvgIpc) is 2.53. The summed E-state index contributed by atoms with van der Waals surface area (Å²) in [5.74, 6) is -1.43. The van der Waals surface area contributed by atoms with Crippen LogP contribution in [0.25, 0.3) is 0 Å². The number of carbonyl (C=O) groups is 1. The molecule has 22 heavy (non-hydrogen) atoms. The maximum Gasteiger partial charge on any atom is 0.424 e.